The molecule has 0 radical (unpaired) electrons. The topological polar surface area (TPSA) is 50.4 Å². The first-order chi connectivity index (χ1) is 8.72. The molecule has 5 heteroatoms. The Labute approximate surface area is 116 Å². The maximum atomic E-state index is 11.1. The molecule has 1 amide bonds. The summed E-state index contributed by atoms with van der Waals surface area (Å²) in [6.07, 6.45) is 0.506. The molecular weight excluding hydrogens is 296 g/mol. The summed E-state index contributed by atoms with van der Waals surface area (Å²) in [4.78, 5) is 11.1. The summed E-state index contributed by atoms with van der Waals surface area (Å²) in [5.74, 6) is 0.933. The predicted molar refractivity (Wildman–Crippen MR) is 75.8 cm³/mol. The van der Waals surface area contributed by atoms with Gasteiger partial charge in [-0.25, -0.2) is 0 Å². The first-order valence-corrected chi connectivity index (χ1v) is 6.87. The van der Waals surface area contributed by atoms with Crippen LogP contribution in [-0.4, -0.2) is 32.1 Å². The highest BCUT2D eigenvalue weighted by Gasteiger charge is 1.98. The molecule has 0 aromatic heterocycles. The van der Waals surface area contributed by atoms with E-state index in [9.17, 15) is 4.79 Å². The second kappa shape index (κ2) is 8.94. The Balaban J connectivity index is 2.02. The quantitative estimate of drug-likeness (QED) is 0.721. The Morgan fingerprint density at radius 2 is 2.00 bits per heavy atom. The molecule has 0 heterocycles. The Bertz CT molecular complexity index is 355. The molecule has 2 N–H and O–H groups in total. The zero-order valence-corrected chi connectivity index (χ0v) is 12.1. The molecule has 0 bridgehead atoms. The van der Waals surface area contributed by atoms with E-state index in [1.165, 1.54) is 0 Å². The average Bonchev–Trinajstić information content (AvgIpc) is 2.36. The van der Waals surface area contributed by atoms with Crippen molar-refractivity contribution in [3.05, 3.63) is 28.7 Å². The van der Waals surface area contributed by atoms with Crippen molar-refractivity contribution in [2.24, 2.45) is 0 Å². The van der Waals surface area contributed by atoms with Crippen LogP contribution >= 0.6 is 15.9 Å². The lowest BCUT2D eigenvalue weighted by molar-refractivity contribution is -0.120. The highest BCUT2D eigenvalue weighted by atomic mass is 79.9. The van der Waals surface area contributed by atoms with Crippen molar-refractivity contribution >= 4 is 21.8 Å². The molecule has 4 nitrogen and oxygen atoms in total. The molecule has 100 valence electrons. The van der Waals surface area contributed by atoms with Crippen molar-refractivity contribution in [3.8, 4) is 5.75 Å². The van der Waals surface area contributed by atoms with Crippen LogP contribution in [0.1, 0.15) is 13.3 Å². The molecule has 0 aliphatic rings. The van der Waals surface area contributed by atoms with Crippen LogP contribution < -0.4 is 15.4 Å². The van der Waals surface area contributed by atoms with Gasteiger partial charge >= 0.3 is 0 Å². The van der Waals surface area contributed by atoms with Crippen LogP contribution in [0.5, 0.6) is 5.75 Å². The lowest BCUT2D eigenvalue weighted by Crippen LogP contribution is -2.29. The van der Waals surface area contributed by atoms with E-state index in [1.54, 1.807) is 0 Å². The first-order valence-electron chi connectivity index (χ1n) is 6.08. The van der Waals surface area contributed by atoms with Gasteiger partial charge < -0.3 is 15.4 Å². The molecule has 0 saturated carbocycles. The van der Waals surface area contributed by atoms with Gasteiger partial charge in [0.15, 0.2) is 0 Å². The second-order valence-corrected chi connectivity index (χ2v) is 4.67. The third kappa shape index (κ3) is 6.61. The number of carbonyl (C=O) groups is 1. The van der Waals surface area contributed by atoms with Crippen LogP contribution in [0.4, 0.5) is 0 Å². The second-order valence-electron chi connectivity index (χ2n) is 3.76. The van der Waals surface area contributed by atoms with E-state index in [1.807, 2.05) is 31.2 Å². The number of amides is 1. The third-order valence-corrected chi connectivity index (χ3v) is 2.79. The Morgan fingerprint density at radius 1 is 1.28 bits per heavy atom. The van der Waals surface area contributed by atoms with Gasteiger partial charge in [0, 0.05) is 30.5 Å². The molecule has 0 aliphatic heterocycles. The summed E-state index contributed by atoms with van der Waals surface area (Å²) in [5.41, 5.74) is 0. The number of halogens is 1. The number of carbonyl (C=O) groups excluding carboxylic acids is 1. The van der Waals surface area contributed by atoms with Crippen LogP contribution in [0.3, 0.4) is 0 Å². The van der Waals surface area contributed by atoms with E-state index in [-0.39, 0.29) is 5.91 Å². The Morgan fingerprint density at radius 3 is 2.67 bits per heavy atom. The zero-order chi connectivity index (χ0) is 13.2. The molecule has 1 aromatic carbocycles. The van der Waals surface area contributed by atoms with Gasteiger partial charge in [-0.05, 0) is 31.2 Å². The minimum absolute atomic E-state index is 0.0822. The predicted octanol–water partition coefficient (Wildman–Crippen LogP) is 1.94. The van der Waals surface area contributed by atoms with Gasteiger partial charge in [-0.2, -0.15) is 0 Å². The van der Waals surface area contributed by atoms with E-state index >= 15 is 0 Å². The van der Waals surface area contributed by atoms with E-state index < -0.39 is 0 Å². The van der Waals surface area contributed by atoms with Crippen LogP contribution in [0.2, 0.25) is 0 Å². The van der Waals surface area contributed by atoms with Crippen molar-refractivity contribution in [2.45, 2.75) is 13.3 Å². The maximum absolute atomic E-state index is 11.1. The summed E-state index contributed by atoms with van der Waals surface area (Å²) < 4.78 is 6.57. The van der Waals surface area contributed by atoms with E-state index in [0.29, 0.717) is 26.1 Å². The molecule has 0 spiro atoms. The Hall–Kier alpha value is -1.07. The van der Waals surface area contributed by atoms with Crippen LogP contribution in [0.25, 0.3) is 0 Å². The minimum atomic E-state index is 0.0822. The van der Waals surface area contributed by atoms with Crippen LogP contribution in [0.15, 0.2) is 28.7 Å². The fourth-order valence-corrected chi connectivity index (χ4v) is 1.65. The molecule has 0 aliphatic carbocycles. The average molecular weight is 315 g/mol. The van der Waals surface area contributed by atoms with Crippen molar-refractivity contribution in [2.75, 3.05) is 26.2 Å². The van der Waals surface area contributed by atoms with Crippen molar-refractivity contribution in [1.29, 1.82) is 0 Å². The van der Waals surface area contributed by atoms with Gasteiger partial charge in [0.1, 0.15) is 12.4 Å². The van der Waals surface area contributed by atoms with Crippen molar-refractivity contribution < 1.29 is 9.53 Å². The van der Waals surface area contributed by atoms with Crippen LogP contribution in [0, 0.1) is 0 Å². The van der Waals surface area contributed by atoms with Gasteiger partial charge in [0.05, 0.1) is 0 Å². The lowest BCUT2D eigenvalue weighted by Gasteiger charge is -2.07. The van der Waals surface area contributed by atoms with Gasteiger partial charge in [0.25, 0.3) is 0 Å². The largest absolute Gasteiger partial charge is 0.492 e. The summed E-state index contributed by atoms with van der Waals surface area (Å²) >= 11 is 3.37. The highest BCUT2D eigenvalue weighted by molar-refractivity contribution is 9.10. The van der Waals surface area contributed by atoms with E-state index in [2.05, 4.69) is 26.6 Å². The van der Waals surface area contributed by atoms with E-state index in [0.717, 1.165) is 16.8 Å². The Kier molecular flexibility index (Phi) is 7.44. The third-order valence-electron chi connectivity index (χ3n) is 2.26. The molecular formula is C13H19BrN2O2. The fraction of sp³-hybridized carbons (Fsp3) is 0.462. The number of ether oxygens (including phenoxy) is 1. The van der Waals surface area contributed by atoms with Gasteiger partial charge in [-0.1, -0.05) is 15.9 Å². The number of nitrogens with one attached hydrogen (secondary N) is 2. The molecule has 0 saturated heterocycles. The number of hydrogen-bond acceptors (Lipinski definition) is 3. The summed E-state index contributed by atoms with van der Waals surface area (Å²) in [6, 6.07) is 7.72. The van der Waals surface area contributed by atoms with Gasteiger partial charge in [-0.15, -0.1) is 0 Å². The standard InChI is InChI=1S/C13H19BrN2O2/c1-2-16-13(17)7-8-15-9-10-18-12-5-3-11(14)4-6-12/h3-6,15H,2,7-10H2,1H3,(H,16,17). The molecule has 0 unspecified atom stereocenters. The summed E-state index contributed by atoms with van der Waals surface area (Å²) in [7, 11) is 0. The molecule has 1 rings (SSSR count). The highest BCUT2D eigenvalue weighted by Crippen LogP contribution is 2.15. The lowest BCUT2D eigenvalue weighted by atomic mass is 10.3. The monoisotopic (exact) mass is 314 g/mol. The van der Waals surface area contributed by atoms with Gasteiger partial charge in [0.2, 0.25) is 5.91 Å². The normalized spacial score (nSPS) is 10.1. The van der Waals surface area contributed by atoms with Crippen molar-refractivity contribution in [3.63, 3.8) is 0 Å². The minimum Gasteiger partial charge on any atom is -0.492 e. The zero-order valence-electron chi connectivity index (χ0n) is 10.5. The fourth-order valence-electron chi connectivity index (χ4n) is 1.38. The molecule has 1 aromatic rings. The number of rotatable bonds is 8. The number of hydrogen-bond donors (Lipinski definition) is 2. The molecule has 0 atom stereocenters. The van der Waals surface area contributed by atoms with Gasteiger partial charge in [-0.3, -0.25) is 4.79 Å². The summed E-state index contributed by atoms with van der Waals surface area (Å²) in [6.45, 7) is 4.60. The first kappa shape index (κ1) is 15.0. The van der Waals surface area contributed by atoms with Crippen LogP contribution in [-0.2, 0) is 4.79 Å². The van der Waals surface area contributed by atoms with E-state index in [4.69, 9.17) is 4.74 Å². The molecule has 0 fully saturated rings. The van der Waals surface area contributed by atoms with Crippen molar-refractivity contribution in [1.82, 2.24) is 10.6 Å². The summed E-state index contributed by atoms with van der Waals surface area (Å²) in [5, 5.41) is 5.91. The number of benzene rings is 1. The molecule has 18 heavy (non-hydrogen) atoms. The maximum Gasteiger partial charge on any atom is 0.221 e. The smallest absolute Gasteiger partial charge is 0.221 e. The SMILES string of the molecule is CCNC(=O)CCNCCOc1ccc(Br)cc1.